The van der Waals surface area contributed by atoms with Crippen LogP contribution in [0.25, 0.3) is 0 Å². The molecule has 0 aliphatic heterocycles. The zero-order chi connectivity index (χ0) is 14.9. The number of rotatable bonds is 5. The standard InChI is InChI=1S/C15H14N4O2/c20-14(19-18-10-12-5-4-8-16-9-12)11-17-15(21)13-6-2-1-3-7-13/h1-10H,11H2,(H,17,21)(H,19,20)/b18-10+. The van der Waals surface area contributed by atoms with E-state index in [2.05, 4.69) is 20.8 Å². The minimum atomic E-state index is -0.403. The summed E-state index contributed by atoms with van der Waals surface area (Å²) in [6, 6.07) is 12.3. The molecule has 0 saturated heterocycles. The lowest BCUT2D eigenvalue weighted by Gasteiger charge is -2.03. The molecule has 2 aromatic rings. The lowest BCUT2D eigenvalue weighted by atomic mass is 10.2. The summed E-state index contributed by atoms with van der Waals surface area (Å²) in [4.78, 5) is 27.1. The second-order valence-electron chi connectivity index (χ2n) is 4.13. The Labute approximate surface area is 121 Å². The molecule has 1 heterocycles. The van der Waals surface area contributed by atoms with Crippen molar-refractivity contribution < 1.29 is 9.59 Å². The number of nitrogens with zero attached hydrogens (tertiary/aromatic N) is 2. The Morgan fingerprint density at radius 1 is 1.14 bits per heavy atom. The molecule has 0 bridgehead atoms. The first-order valence-corrected chi connectivity index (χ1v) is 6.31. The highest BCUT2D eigenvalue weighted by Gasteiger charge is 2.06. The fourth-order valence-electron chi connectivity index (χ4n) is 1.52. The largest absolute Gasteiger partial charge is 0.343 e. The van der Waals surface area contributed by atoms with Gasteiger partial charge in [0.25, 0.3) is 11.8 Å². The van der Waals surface area contributed by atoms with E-state index in [-0.39, 0.29) is 12.5 Å². The molecule has 0 saturated carbocycles. The van der Waals surface area contributed by atoms with Crippen molar-refractivity contribution >= 4 is 18.0 Å². The number of benzene rings is 1. The summed E-state index contributed by atoms with van der Waals surface area (Å²) in [5.74, 6) is -0.707. The van der Waals surface area contributed by atoms with E-state index in [1.165, 1.54) is 6.21 Å². The van der Waals surface area contributed by atoms with Crippen molar-refractivity contribution in [3.8, 4) is 0 Å². The molecular weight excluding hydrogens is 268 g/mol. The van der Waals surface area contributed by atoms with E-state index in [9.17, 15) is 9.59 Å². The Bertz CT molecular complexity index is 627. The normalized spacial score (nSPS) is 10.3. The topological polar surface area (TPSA) is 83.5 Å². The number of hydrazone groups is 1. The fourth-order valence-corrected chi connectivity index (χ4v) is 1.52. The second kappa shape index (κ2) is 7.54. The molecule has 0 fully saturated rings. The highest BCUT2D eigenvalue weighted by atomic mass is 16.2. The van der Waals surface area contributed by atoms with Gasteiger partial charge in [-0.15, -0.1) is 0 Å². The van der Waals surface area contributed by atoms with Crippen molar-refractivity contribution in [2.24, 2.45) is 5.10 Å². The van der Waals surface area contributed by atoms with Crippen molar-refractivity contribution in [2.45, 2.75) is 0 Å². The molecule has 106 valence electrons. The molecule has 0 radical (unpaired) electrons. The van der Waals surface area contributed by atoms with Gasteiger partial charge in [0.2, 0.25) is 0 Å². The highest BCUT2D eigenvalue weighted by molar-refractivity contribution is 5.96. The van der Waals surface area contributed by atoms with Crippen LogP contribution in [0.2, 0.25) is 0 Å². The number of pyridine rings is 1. The Balaban J connectivity index is 1.75. The van der Waals surface area contributed by atoms with Crippen LogP contribution in [-0.2, 0) is 4.79 Å². The number of hydrogen-bond donors (Lipinski definition) is 2. The van der Waals surface area contributed by atoms with Crippen LogP contribution in [0, 0.1) is 0 Å². The van der Waals surface area contributed by atoms with Crippen molar-refractivity contribution in [1.82, 2.24) is 15.7 Å². The quantitative estimate of drug-likeness (QED) is 0.633. The van der Waals surface area contributed by atoms with Crippen LogP contribution in [0.15, 0.2) is 60.0 Å². The maximum absolute atomic E-state index is 11.7. The summed E-state index contributed by atoms with van der Waals surface area (Å²) in [6.45, 7) is -0.141. The first-order chi connectivity index (χ1) is 10.3. The SMILES string of the molecule is O=C(CNC(=O)c1ccccc1)N/N=C/c1cccnc1. The smallest absolute Gasteiger partial charge is 0.259 e. The number of nitrogens with one attached hydrogen (secondary N) is 2. The van der Waals surface area contributed by atoms with Gasteiger partial charge in [-0.25, -0.2) is 5.43 Å². The summed E-state index contributed by atoms with van der Waals surface area (Å²) in [5.41, 5.74) is 3.60. The van der Waals surface area contributed by atoms with Crippen molar-refractivity contribution in [2.75, 3.05) is 6.54 Å². The van der Waals surface area contributed by atoms with Gasteiger partial charge in [0, 0.05) is 23.5 Å². The van der Waals surface area contributed by atoms with Gasteiger partial charge in [0.05, 0.1) is 12.8 Å². The van der Waals surface area contributed by atoms with Gasteiger partial charge in [-0.05, 0) is 18.2 Å². The van der Waals surface area contributed by atoms with E-state index in [0.29, 0.717) is 5.56 Å². The van der Waals surface area contributed by atoms with E-state index in [1.54, 1.807) is 48.8 Å². The van der Waals surface area contributed by atoms with Crippen LogP contribution in [0.4, 0.5) is 0 Å². The molecule has 1 aromatic carbocycles. The van der Waals surface area contributed by atoms with Crippen molar-refractivity contribution in [3.05, 3.63) is 66.0 Å². The first-order valence-electron chi connectivity index (χ1n) is 6.31. The highest BCUT2D eigenvalue weighted by Crippen LogP contribution is 1.97. The number of aromatic nitrogens is 1. The molecule has 2 rings (SSSR count). The van der Waals surface area contributed by atoms with Gasteiger partial charge >= 0.3 is 0 Å². The third kappa shape index (κ3) is 4.87. The van der Waals surface area contributed by atoms with Crippen LogP contribution in [0.5, 0.6) is 0 Å². The minimum absolute atomic E-state index is 0.141. The van der Waals surface area contributed by atoms with Crippen LogP contribution in [-0.4, -0.2) is 29.6 Å². The Morgan fingerprint density at radius 2 is 1.95 bits per heavy atom. The predicted octanol–water partition coefficient (Wildman–Crippen LogP) is 0.962. The van der Waals surface area contributed by atoms with E-state index in [4.69, 9.17) is 0 Å². The molecule has 1 aromatic heterocycles. The lowest BCUT2D eigenvalue weighted by Crippen LogP contribution is -2.34. The van der Waals surface area contributed by atoms with E-state index in [0.717, 1.165) is 5.56 Å². The number of amides is 2. The Kier molecular flexibility index (Phi) is 5.17. The Morgan fingerprint density at radius 3 is 2.67 bits per heavy atom. The molecule has 6 nitrogen and oxygen atoms in total. The van der Waals surface area contributed by atoms with Gasteiger partial charge in [-0.1, -0.05) is 24.3 Å². The summed E-state index contributed by atoms with van der Waals surface area (Å²) >= 11 is 0. The number of carbonyl (C=O) groups is 2. The zero-order valence-corrected chi connectivity index (χ0v) is 11.2. The maximum Gasteiger partial charge on any atom is 0.259 e. The second-order valence-corrected chi connectivity index (χ2v) is 4.13. The molecule has 0 aliphatic carbocycles. The van der Waals surface area contributed by atoms with Crippen LogP contribution in [0.1, 0.15) is 15.9 Å². The molecule has 2 N–H and O–H groups in total. The van der Waals surface area contributed by atoms with Gasteiger partial charge in [0.15, 0.2) is 0 Å². The average Bonchev–Trinajstić information content (AvgIpc) is 2.54. The molecule has 21 heavy (non-hydrogen) atoms. The van der Waals surface area contributed by atoms with Crippen LogP contribution >= 0.6 is 0 Å². The zero-order valence-electron chi connectivity index (χ0n) is 11.2. The van der Waals surface area contributed by atoms with Crippen molar-refractivity contribution in [1.29, 1.82) is 0 Å². The van der Waals surface area contributed by atoms with Crippen molar-refractivity contribution in [3.63, 3.8) is 0 Å². The molecular formula is C15H14N4O2. The van der Waals surface area contributed by atoms with Gasteiger partial charge < -0.3 is 5.32 Å². The molecule has 6 heteroatoms. The minimum Gasteiger partial charge on any atom is -0.343 e. The molecule has 0 aliphatic rings. The molecule has 0 atom stereocenters. The van der Waals surface area contributed by atoms with Gasteiger partial charge in [-0.2, -0.15) is 5.10 Å². The Hall–Kier alpha value is -3.02. The van der Waals surface area contributed by atoms with E-state index >= 15 is 0 Å². The van der Waals surface area contributed by atoms with E-state index < -0.39 is 5.91 Å². The number of carbonyl (C=O) groups excluding carboxylic acids is 2. The maximum atomic E-state index is 11.7. The lowest BCUT2D eigenvalue weighted by molar-refractivity contribution is -0.120. The summed E-state index contributed by atoms with van der Waals surface area (Å²) < 4.78 is 0. The monoisotopic (exact) mass is 282 g/mol. The van der Waals surface area contributed by atoms with E-state index in [1.807, 2.05) is 6.07 Å². The first kappa shape index (κ1) is 14.4. The molecule has 0 spiro atoms. The summed E-state index contributed by atoms with van der Waals surface area (Å²) in [5, 5.41) is 6.29. The number of hydrogen-bond acceptors (Lipinski definition) is 4. The molecule has 2 amide bonds. The van der Waals surface area contributed by atoms with Gasteiger partial charge in [-0.3, -0.25) is 14.6 Å². The van der Waals surface area contributed by atoms with Gasteiger partial charge in [0.1, 0.15) is 0 Å². The third-order valence-corrected chi connectivity index (χ3v) is 2.53. The fraction of sp³-hybridized carbons (Fsp3) is 0.0667. The predicted molar refractivity (Wildman–Crippen MR) is 78.7 cm³/mol. The summed E-state index contributed by atoms with van der Waals surface area (Å²) in [7, 11) is 0. The van der Waals surface area contributed by atoms with Crippen LogP contribution < -0.4 is 10.7 Å². The molecule has 0 unspecified atom stereocenters. The average molecular weight is 282 g/mol. The third-order valence-electron chi connectivity index (χ3n) is 2.53. The van der Waals surface area contributed by atoms with Crippen LogP contribution in [0.3, 0.4) is 0 Å². The summed E-state index contributed by atoms with van der Waals surface area (Å²) in [6.07, 6.45) is 4.74.